The molecule has 0 aromatic heterocycles. The van der Waals surface area contributed by atoms with Crippen LogP contribution in [0, 0.1) is 18.3 Å². The first kappa shape index (κ1) is 20.3. The third kappa shape index (κ3) is 4.77. The van der Waals surface area contributed by atoms with Gasteiger partial charge in [-0.25, -0.2) is 0 Å². The van der Waals surface area contributed by atoms with Crippen LogP contribution < -0.4 is 10.6 Å². The summed E-state index contributed by atoms with van der Waals surface area (Å²) < 4.78 is 0. The number of benzene rings is 2. The lowest BCUT2D eigenvalue weighted by Gasteiger charge is -2.14. The average molecular weight is 361 g/mol. The molecule has 0 unspecified atom stereocenters. The Bertz CT molecular complexity index is 869. The minimum Gasteiger partial charge on any atom is -0.360 e. The zero-order valence-electron chi connectivity index (χ0n) is 16.5. The predicted octanol–water partition coefficient (Wildman–Crippen LogP) is 5.14. The minimum atomic E-state index is -0.402. The van der Waals surface area contributed by atoms with Gasteiger partial charge < -0.3 is 10.6 Å². The van der Waals surface area contributed by atoms with E-state index in [0.29, 0.717) is 0 Å². The number of nitrogens with zero attached hydrogens (tertiary/aromatic N) is 1. The molecule has 0 spiro atoms. The lowest BCUT2D eigenvalue weighted by Crippen LogP contribution is -2.16. The van der Waals surface area contributed by atoms with E-state index in [9.17, 15) is 10.1 Å². The van der Waals surface area contributed by atoms with Gasteiger partial charge in [-0.3, -0.25) is 4.79 Å². The molecule has 2 N–H and O–H groups in total. The Morgan fingerprint density at radius 3 is 2.00 bits per heavy atom. The molecule has 0 aliphatic rings. The van der Waals surface area contributed by atoms with Gasteiger partial charge in [-0.05, 0) is 48.4 Å². The molecule has 0 heterocycles. The largest absolute Gasteiger partial charge is 0.360 e. The van der Waals surface area contributed by atoms with Crippen molar-refractivity contribution in [1.82, 2.24) is 0 Å². The van der Waals surface area contributed by atoms with Gasteiger partial charge in [-0.15, -0.1) is 0 Å². The summed E-state index contributed by atoms with van der Waals surface area (Å²) in [4.78, 5) is 12.7. The Labute approximate surface area is 161 Å². The van der Waals surface area contributed by atoms with Gasteiger partial charge in [0.1, 0.15) is 11.6 Å². The highest BCUT2D eigenvalue weighted by atomic mass is 16.1. The Balaban J connectivity index is 2.28. The fraction of sp³-hybridized carbons (Fsp3) is 0.304. The number of nitrogens with one attached hydrogen (secondary N) is 2. The topological polar surface area (TPSA) is 64.9 Å². The van der Waals surface area contributed by atoms with Crippen molar-refractivity contribution in [3.63, 3.8) is 0 Å². The minimum absolute atomic E-state index is 0.0493. The number of anilines is 2. The van der Waals surface area contributed by atoms with Crippen LogP contribution in [0.1, 0.15) is 43.0 Å². The Morgan fingerprint density at radius 2 is 1.48 bits per heavy atom. The number of hydrogen-bond donors (Lipinski definition) is 2. The first-order valence-electron chi connectivity index (χ1n) is 9.43. The van der Waals surface area contributed by atoms with Crippen LogP contribution in [0.15, 0.2) is 48.2 Å². The molecule has 0 aliphatic heterocycles. The molecule has 2 rings (SSSR count). The van der Waals surface area contributed by atoms with Gasteiger partial charge in [0.15, 0.2) is 0 Å². The van der Waals surface area contributed by atoms with Gasteiger partial charge in [0.2, 0.25) is 0 Å². The lowest BCUT2D eigenvalue weighted by atomic mass is 10.0. The number of nitriles is 1. The van der Waals surface area contributed by atoms with Crippen molar-refractivity contribution < 1.29 is 4.79 Å². The first-order valence-corrected chi connectivity index (χ1v) is 9.43. The van der Waals surface area contributed by atoms with E-state index in [-0.39, 0.29) is 5.57 Å². The average Bonchev–Trinajstić information content (AvgIpc) is 2.69. The van der Waals surface area contributed by atoms with E-state index < -0.39 is 5.91 Å². The van der Waals surface area contributed by atoms with E-state index in [1.807, 2.05) is 44.2 Å². The molecule has 2 aromatic rings. The number of carbonyl (C=O) groups excluding carboxylic acids is 1. The second-order valence-corrected chi connectivity index (χ2v) is 6.39. The monoisotopic (exact) mass is 361 g/mol. The van der Waals surface area contributed by atoms with E-state index in [2.05, 4.69) is 36.6 Å². The summed E-state index contributed by atoms with van der Waals surface area (Å²) in [6.07, 6.45) is 4.07. The van der Waals surface area contributed by atoms with Crippen LogP contribution in [-0.2, 0) is 24.1 Å². The van der Waals surface area contributed by atoms with Gasteiger partial charge in [-0.2, -0.15) is 5.26 Å². The van der Waals surface area contributed by atoms with Gasteiger partial charge >= 0.3 is 0 Å². The maximum absolute atomic E-state index is 12.7. The number of para-hydroxylation sites is 2. The van der Waals surface area contributed by atoms with Crippen molar-refractivity contribution >= 4 is 17.3 Å². The molecule has 4 nitrogen and oxygen atoms in total. The van der Waals surface area contributed by atoms with Crippen LogP contribution in [0.2, 0.25) is 0 Å². The maximum Gasteiger partial charge on any atom is 0.267 e. The zero-order chi connectivity index (χ0) is 19.8. The first-order chi connectivity index (χ1) is 13.0. The molecule has 27 heavy (non-hydrogen) atoms. The van der Waals surface area contributed by atoms with Gasteiger partial charge in [0.25, 0.3) is 5.91 Å². The molecule has 140 valence electrons. The normalized spacial score (nSPS) is 11.0. The standard InChI is InChI=1S/C23H27N3O/c1-5-17-11-8-10-16(4)21(17)26-23(27)20(14-24)15-25-22-18(6-2)12-9-13-19(22)7-3/h8-13,15,25H,5-7H2,1-4H3,(H,26,27)/b20-15-. The molecule has 2 aromatic carbocycles. The molecule has 0 radical (unpaired) electrons. The van der Waals surface area contributed by atoms with Crippen molar-refractivity contribution in [3.05, 3.63) is 70.4 Å². The third-order valence-corrected chi connectivity index (χ3v) is 4.70. The zero-order valence-corrected chi connectivity index (χ0v) is 16.5. The molecule has 0 aliphatic carbocycles. The summed E-state index contributed by atoms with van der Waals surface area (Å²) in [5.74, 6) is -0.402. The van der Waals surface area contributed by atoms with Crippen LogP contribution in [-0.4, -0.2) is 5.91 Å². The number of carbonyl (C=O) groups is 1. The highest BCUT2D eigenvalue weighted by molar-refractivity contribution is 6.07. The predicted molar refractivity (Wildman–Crippen MR) is 112 cm³/mol. The van der Waals surface area contributed by atoms with Crippen molar-refractivity contribution in [3.8, 4) is 6.07 Å². The van der Waals surface area contributed by atoms with Crippen LogP contribution in [0.5, 0.6) is 0 Å². The summed E-state index contributed by atoms with van der Waals surface area (Å²) in [5, 5.41) is 15.6. The number of rotatable bonds is 7. The Hall–Kier alpha value is -3.06. The van der Waals surface area contributed by atoms with Crippen LogP contribution in [0.25, 0.3) is 0 Å². The molecule has 0 saturated carbocycles. The molecule has 0 atom stereocenters. The summed E-state index contributed by atoms with van der Waals surface area (Å²) >= 11 is 0. The van der Waals surface area contributed by atoms with Gasteiger partial charge in [0.05, 0.1) is 0 Å². The summed E-state index contributed by atoms with van der Waals surface area (Å²) in [6, 6.07) is 14.1. The number of amides is 1. The number of aryl methyl sites for hydroxylation is 4. The Kier molecular flexibility index (Phi) is 7.19. The third-order valence-electron chi connectivity index (χ3n) is 4.70. The van der Waals surface area contributed by atoms with Crippen molar-refractivity contribution in [1.29, 1.82) is 5.26 Å². The summed E-state index contributed by atoms with van der Waals surface area (Å²) in [5.41, 5.74) is 6.18. The fourth-order valence-corrected chi connectivity index (χ4v) is 3.10. The maximum atomic E-state index is 12.7. The van der Waals surface area contributed by atoms with Crippen LogP contribution in [0.4, 0.5) is 11.4 Å². The van der Waals surface area contributed by atoms with Gasteiger partial charge in [0, 0.05) is 17.6 Å². The molecule has 0 bridgehead atoms. The van der Waals surface area contributed by atoms with Crippen LogP contribution in [0.3, 0.4) is 0 Å². The molecule has 0 saturated heterocycles. The van der Waals surface area contributed by atoms with Crippen molar-refractivity contribution in [2.75, 3.05) is 10.6 Å². The summed E-state index contributed by atoms with van der Waals surface area (Å²) in [7, 11) is 0. The van der Waals surface area contributed by atoms with Gasteiger partial charge in [-0.1, -0.05) is 57.2 Å². The second kappa shape index (κ2) is 9.59. The highest BCUT2D eigenvalue weighted by Crippen LogP contribution is 2.24. The van der Waals surface area contributed by atoms with Crippen LogP contribution >= 0.6 is 0 Å². The van der Waals surface area contributed by atoms with Crippen molar-refractivity contribution in [2.24, 2.45) is 0 Å². The molecule has 4 heteroatoms. The molecule has 0 fully saturated rings. The quantitative estimate of drug-likeness (QED) is 0.530. The second-order valence-electron chi connectivity index (χ2n) is 6.39. The molecular formula is C23H27N3O. The molecular weight excluding hydrogens is 334 g/mol. The Morgan fingerprint density at radius 1 is 0.963 bits per heavy atom. The SMILES string of the molecule is CCc1cccc(C)c1NC(=O)/C(C#N)=C\Nc1c(CC)cccc1CC. The highest BCUT2D eigenvalue weighted by Gasteiger charge is 2.13. The van der Waals surface area contributed by atoms with E-state index in [4.69, 9.17) is 0 Å². The lowest BCUT2D eigenvalue weighted by molar-refractivity contribution is -0.112. The smallest absolute Gasteiger partial charge is 0.267 e. The van der Waals surface area contributed by atoms with E-state index in [1.54, 1.807) is 0 Å². The number of hydrogen-bond acceptors (Lipinski definition) is 3. The van der Waals surface area contributed by atoms with E-state index in [1.165, 1.54) is 6.20 Å². The van der Waals surface area contributed by atoms with Crippen molar-refractivity contribution in [2.45, 2.75) is 47.0 Å². The van der Waals surface area contributed by atoms with E-state index in [0.717, 1.165) is 52.9 Å². The van der Waals surface area contributed by atoms with E-state index >= 15 is 0 Å². The molecule has 1 amide bonds. The summed E-state index contributed by atoms with van der Waals surface area (Å²) in [6.45, 7) is 8.17. The fourth-order valence-electron chi connectivity index (χ4n) is 3.10.